The Bertz CT molecular complexity index is 1030. The van der Waals surface area contributed by atoms with Crippen molar-refractivity contribution in [2.45, 2.75) is 30.2 Å². The van der Waals surface area contributed by atoms with Crippen LogP contribution in [0.25, 0.3) is 21.5 Å². The van der Waals surface area contributed by atoms with Crippen molar-refractivity contribution < 1.29 is 35.1 Å². The molecule has 7 heteroatoms. The van der Waals surface area contributed by atoms with Crippen LogP contribution in [0.4, 0.5) is 0 Å². The summed E-state index contributed by atoms with van der Waals surface area (Å²) in [5.74, 6) is -4.04. The minimum atomic E-state index is -2.48. The van der Waals surface area contributed by atoms with Gasteiger partial charge in [0.25, 0.3) is 0 Å². The lowest BCUT2D eigenvalue weighted by Gasteiger charge is -2.44. The summed E-state index contributed by atoms with van der Waals surface area (Å²) in [4.78, 5) is 11.3. The minimum absolute atomic E-state index is 0.0787. The Morgan fingerprint density at radius 2 is 1.44 bits per heavy atom. The van der Waals surface area contributed by atoms with Gasteiger partial charge in [-0.05, 0) is 39.7 Å². The normalized spacial score (nSPS) is 31.3. The number of fused-ring (bicyclic) bond motifs is 2. The topological polar surface area (TPSA) is 127 Å². The molecule has 0 aliphatic carbocycles. The number of rotatable bonds is 2. The highest BCUT2D eigenvalue weighted by atomic mass is 16.7. The number of carboxylic acid groups (broad SMARTS) is 1. The fourth-order valence-electron chi connectivity index (χ4n) is 3.53. The molecule has 140 valence electrons. The molecule has 0 aromatic heterocycles. The maximum atomic E-state index is 11.3. The smallest absolute Gasteiger partial charge is 0.335 e. The Morgan fingerprint density at radius 3 is 2.07 bits per heavy atom. The summed E-state index contributed by atoms with van der Waals surface area (Å²) in [6, 6.07) is 16.4. The van der Waals surface area contributed by atoms with Gasteiger partial charge >= 0.3 is 5.97 Å². The number of aliphatic hydroxyl groups excluding tert-OH is 3. The van der Waals surface area contributed by atoms with E-state index in [1.54, 1.807) is 12.1 Å². The van der Waals surface area contributed by atoms with Crippen molar-refractivity contribution in [2.24, 2.45) is 0 Å². The highest BCUT2D eigenvalue weighted by molar-refractivity contribution is 5.98. The lowest BCUT2D eigenvalue weighted by Crippen LogP contribution is -2.64. The van der Waals surface area contributed by atoms with Gasteiger partial charge in [0, 0.05) is 5.56 Å². The Labute approximate surface area is 153 Å². The molecule has 1 unspecified atom stereocenters. The molecule has 5 N–H and O–H groups in total. The summed E-state index contributed by atoms with van der Waals surface area (Å²) in [6.45, 7) is 0. The van der Waals surface area contributed by atoms with Crippen molar-refractivity contribution in [2.75, 3.05) is 0 Å². The Balaban J connectivity index is 1.83. The van der Waals surface area contributed by atoms with Crippen LogP contribution < -0.4 is 0 Å². The molecule has 5 atom stereocenters. The van der Waals surface area contributed by atoms with Gasteiger partial charge in [-0.15, -0.1) is 0 Å². The van der Waals surface area contributed by atoms with E-state index in [-0.39, 0.29) is 5.56 Å². The zero-order valence-corrected chi connectivity index (χ0v) is 14.1. The molecule has 0 saturated carbocycles. The number of hydrogen-bond donors (Lipinski definition) is 5. The second-order valence-electron chi connectivity index (χ2n) is 6.76. The quantitative estimate of drug-likeness (QED) is 0.420. The largest absolute Gasteiger partial charge is 0.479 e. The van der Waals surface area contributed by atoms with Gasteiger partial charge < -0.3 is 30.3 Å². The van der Waals surface area contributed by atoms with Gasteiger partial charge in [-0.3, -0.25) is 0 Å². The van der Waals surface area contributed by atoms with E-state index in [1.807, 2.05) is 36.4 Å². The van der Waals surface area contributed by atoms with Gasteiger partial charge in [-0.1, -0.05) is 36.4 Å². The molecule has 4 rings (SSSR count). The van der Waals surface area contributed by atoms with E-state index in [1.165, 1.54) is 6.07 Å². The second-order valence-corrected chi connectivity index (χ2v) is 6.76. The molecule has 1 heterocycles. The van der Waals surface area contributed by atoms with Crippen LogP contribution in [-0.4, -0.2) is 55.9 Å². The SMILES string of the molecule is O=C(O)[C@H]1OC(O)(c2ccc3cc4ccccc4cc3c2)[C@H](O)[C@@H](O)[C@@H]1O. The highest BCUT2D eigenvalue weighted by Gasteiger charge is 2.55. The zero-order valence-electron chi connectivity index (χ0n) is 14.1. The highest BCUT2D eigenvalue weighted by Crippen LogP contribution is 2.38. The molecule has 7 nitrogen and oxygen atoms in total. The molecule has 0 amide bonds. The maximum Gasteiger partial charge on any atom is 0.335 e. The molecular formula is C20H18O7. The van der Waals surface area contributed by atoms with Crippen LogP contribution in [0, 0.1) is 0 Å². The van der Waals surface area contributed by atoms with Crippen molar-refractivity contribution in [1.82, 2.24) is 0 Å². The van der Waals surface area contributed by atoms with E-state index >= 15 is 0 Å². The van der Waals surface area contributed by atoms with Gasteiger partial charge in [-0.2, -0.15) is 0 Å². The molecular weight excluding hydrogens is 352 g/mol. The van der Waals surface area contributed by atoms with Crippen molar-refractivity contribution >= 4 is 27.5 Å². The van der Waals surface area contributed by atoms with Crippen LogP contribution >= 0.6 is 0 Å². The van der Waals surface area contributed by atoms with Crippen molar-refractivity contribution in [3.05, 3.63) is 60.2 Å². The lowest BCUT2D eigenvalue weighted by atomic mass is 9.87. The molecule has 1 saturated heterocycles. The number of ether oxygens (including phenoxy) is 1. The predicted molar refractivity (Wildman–Crippen MR) is 95.9 cm³/mol. The van der Waals surface area contributed by atoms with E-state index in [0.29, 0.717) is 0 Å². The van der Waals surface area contributed by atoms with Crippen molar-refractivity contribution in [1.29, 1.82) is 0 Å². The van der Waals surface area contributed by atoms with E-state index in [4.69, 9.17) is 4.74 Å². The van der Waals surface area contributed by atoms with E-state index < -0.39 is 36.2 Å². The molecule has 1 aliphatic heterocycles. The number of benzene rings is 3. The predicted octanol–water partition coefficient (Wildman–Crippen LogP) is 0.704. The molecule has 0 spiro atoms. The summed E-state index contributed by atoms with van der Waals surface area (Å²) in [7, 11) is 0. The third kappa shape index (κ3) is 2.77. The van der Waals surface area contributed by atoms with Crippen LogP contribution in [0.15, 0.2) is 54.6 Å². The second kappa shape index (κ2) is 6.26. The fraction of sp³-hybridized carbons (Fsp3) is 0.250. The molecule has 27 heavy (non-hydrogen) atoms. The molecule has 0 radical (unpaired) electrons. The molecule has 1 aliphatic rings. The summed E-state index contributed by atoms with van der Waals surface area (Å²) >= 11 is 0. The lowest BCUT2D eigenvalue weighted by molar-refractivity contribution is -0.349. The summed E-state index contributed by atoms with van der Waals surface area (Å²) < 4.78 is 5.15. The minimum Gasteiger partial charge on any atom is -0.479 e. The number of aliphatic carboxylic acids is 1. The average molecular weight is 370 g/mol. The van der Waals surface area contributed by atoms with Gasteiger partial charge in [-0.25, -0.2) is 4.79 Å². The van der Waals surface area contributed by atoms with Gasteiger partial charge in [0.05, 0.1) is 0 Å². The summed E-state index contributed by atoms with van der Waals surface area (Å²) in [6.07, 6.45) is -7.58. The molecule has 3 aromatic carbocycles. The van der Waals surface area contributed by atoms with Crippen molar-refractivity contribution in [3.8, 4) is 0 Å². The first kappa shape index (κ1) is 17.8. The van der Waals surface area contributed by atoms with Crippen LogP contribution in [0.2, 0.25) is 0 Å². The third-order valence-corrected chi connectivity index (χ3v) is 5.05. The van der Waals surface area contributed by atoms with Crippen LogP contribution in [0.3, 0.4) is 0 Å². The number of hydrogen-bond acceptors (Lipinski definition) is 6. The van der Waals surface area contributed by atoms with E-state index in [9.17, 15) is 30.3 Å². The number of carbonyl (C=O) groups is 1. The summed E-state index contributed by atoms with van der Waals surface area (Å²) in [5, 5.41) is 53.8. The van der Waals surface area contributed by atoms with Gasteiger partial charge in [0.2, 0.25) is 5.79 Å². The molecule has 1 fully saturated rings. The first-order chi connectivity index (χ1) is 12.8. The maximum absolute atomic E-state index is 11.3. The van der Waals surface area contributed by atoms with E-state index in [2.05, 4.69) is 0 Å². The Hall–Kier alpha value is -2.55. The van der Waals surface area contributed by atoms with Gasteiger partial charge in [0.15, 0.2) is 6.10 Å². The Morgan fingerprint density at radius 1 is 0.852 bits per heavy atom. The third-order valence-electron chi connectivity index (χ3n) is 5.05. The standard InChI is InChI=1S/C20H18O7/c21-15-16(22)18(23)20(26,27-17(15)19(24)25)14-6-5-12-7-10-3-1-2-4-11(10)8-13(12)9-14/h1-9,15-18,21-23,26H,(H,24,25)/t15-,16-,17-,18+,20?/m0/s1. The zero-order chi connectivity index (χ0) is 19.3. The first-order valence-corrected chi connectivity index (χ1v) is 8.41. The van der Waals surface area contributed by atoms with Gasteiger partial charge in [0.1, 0.15) is 18.3 Å². The fourth-order valence-corrected chi connectivity index (χ4v) is 3.53. The van der Waals surface area contributed by atoms with Crippen molar-refractivity contribution in [3.63, 3.8) is 0 Å². The average Bonchev–Trinajstić information content (AvgIpc) is 2.66. The monoisotopic (exact) mass is 370 g/mol. The summed E-state index contributed by atoms with van der Waals surface area (Å²) in [5.41, 5.74) is 0.0787. The van der Waals surface area contributed by atoms with Crippen LogP contribution in [0.1, 0.15) is 5.56 Å². The number of aliphatic hydroxyl groups is 4. The van der Waals surface area contributed by atoms with E-state index in [0.717, 1.165) is 21.5 Å². The first-order valence-electron chi connectivity index (χ1n) is 8.41. The number of carboxylic acids is 1. The van der Waals surface area contributed by atoms with Crippen LogP contribution in [0.5, 0.6) is 0 Å². The van der Waals surface area contributed by atoms with Crippen LogP contribution in [-0.2, 0) is 15.3 Å². The Kier molecular flexibility index (Phi) is 4.14. The molecule has 3 aromatic rings. The molecule has 0 bridgehead atoms.